The molecule has 0 aliphatic heterocycles. The molecule has 3 heteroatoms. The van der Waals surface area contributed by atoms with Crippen molar-refractivity contribution in [1.29, 1.82) is 0 Å². The van der Waals surface area contributed by atoms with Gasteiger partial charge in [-0.15, -0.1) is 0 Å². The largest absolute Gasteiger partial charge is 0.294 e. The number of nitrogens with one attached hydrogen (secondary N) is 1. The number of carbonyl (C=O) groups is 1. The van der Waals surface area contributed by atoms with Crippen LogP contribution < -0.4 is 11.3 Å². The van der Waals surface area contributed by atoms with Crippen molar-refractivity contribution in [2.75, 3.05) is 0 Å². The minimum Gasteiger partial charge on any atom is -0.294 e. The molecule has 0 saturated heterocycles. The summed E-state index contributed by atoms with van der Waals surface area (Å²) in [5.41, 5.74) is 5.05. The third-order valence-electron chi connectivity index (χ3n) is 3.48. The molecular weight excluding hydrogens is 224 g/mol. The van der Waals surface area contributed by atoms with E-state index in [2.05, 4.69) is 44.4 Å². The van der Waals surface area contributed by atoms with Gasteiger partial charge < -0.3 is 0 Å². The third-order valence-corrected chi connectivity index (χ3v) is 3.48. The van der Waals surface area contributed by atoms with E-state index in [9.17, 15) is 4.79 Å². The lowest BCUT2D eigenvalue weighted by molar-refractivity contribution is -0.125. The summed E-state index contributed by atoms with van der Waals surface area (Å²) in [6, 6.07) is 6.31. The molecule has 0 spiro atoms. The zero-order chi connectivity index (χ0) is 14.1. The lowest BCUT2D eigenvalue weighted by Crippen LogP contribution is -2.44. The molecule has 0 atom stereocenters. The number of benzene rings is 1. The Labute approximate surface area is 110 Å². The molecule has 0 radical (unpaired) electrons. The zero-order valence-corrected chi connectivity index (χ0v) is 12.2. The molecule has 1 aromatic rings. The molecule has 1 rings (SSSR count). The molecule has 18 heavy (non-hydrogen) atoms. The maximum absolute atomic E-state index is 11.9. The standard InChI is InChI=1S/C15H24N2O/c1-10-7-8-11(14(2,3)4)9-12(10)15(5,6)13(18)17-16/h7-9H,16H2,1-6H3,(H,17,18). The highest BCUT2D eigenvalue weighted by Gasteiger charge is 2.31. The first-order valence-corrected chi connectivity index (χ1v) is 6.23. The van der Waals surface area contributed by atoms with E-state index in [0.717, 1.165) is 11.1 Å². The molecule has 100 valence electrons. The van der Waals surface area contributed by atoms with Crippen LogP contribution in [0.1, 0.15) is 51.3 Å². The number of hydrazine groups is 1. The number of amides is 1. The van der Waals surface area contributed by atoms with E-state index in [1.165, 1.54) is 5.56 Å². The molecule has 0 saturated carbocycles. The summed E-state index contributed by atoms with van der Waals surface area (Å²) in [7, 11) is 0. The molecular formula is C15H24N2O. The van der Waals surface area contributed by atoms with E-state index >= 15 is 0 Å². The Bertz CT molecular complexity index is 456. The molecule has 1 aromatic carbocycles. The van der Waals surface area contributed by atoms with Crippen molar-refractivity contribution in [3.63, 3.8) is 0 Å². The second-order valence-corrected chi connectivity index (χ2v) is 6.38. The first kappa shape index (κ1) is 14.7. The molecule has 0 aliphatic rings. The lowest BCUT2D eigenvalue weighted by Gasteiger charge is -2.28. The first-order chi connectivity index (χ1) is 8.10. The van der Waals surface area contributed by atoms with Crippen LogP contribution in [0.25, 0.3) is 0 Å². The van der Waals surface area contributed by atoms with Gasteiger partial charge in [-0.1, -0.05) is 39.0 Å². The predicted molar refractivity (Wildman–Crippen MR) is 75.2 cm³/mol. The van der Waals surface area contributed by atoms with E-state index in [1.54, 1.807) is 0 Å². The van der Waals surface area contributed by atoms with Crippen molar-refractivity contribution in [1.82, 2.24) is 5.43 Å². The Balaban J connectivity index is 3.36. The molecule has 0 heterocycles. The van der Waals surface area contributed by atoms with E-state index in [1.807, 2.05) is 20.8 Å². The van der Waals surface area contributed by atoms with Gasteiger partial charge in [0.05, 0.1) is 5.41 Å². The van der Waals surface area contributed by atoms with Crippen molar-refractivity contribution < 1.29 is 4.79 Å². The highest BCUT2D eigenvalue weighted by atomic mass is 16.2. The van der Waals surface area contributed by atoms with Gasteiger partial charge in [0, 0.05) is 0 Å². The van der Waals surface area contributed by atoms with Crippen LogP contribution in [0.3, 0.4) is 0 Å². The first-order valence-electron chi connectivity index (χ1n) is 6.23. The average Bonchev–Trinajstić information content (AvgIpc) is 2.26. The van der Waals surface area contributed by atoms with Gasteiger partial charge in [-0.3, -0.25) is 10.2 Å². The number of rotatable bonds is 2. The molecule has 0 fully saturated rings. The number of nitrogens with two attached hydrogens (primary N) is 1. The number of hydrogen-bond acceptors (Lipinski definition) is 2. The van der Waals surface area contributed by atoms with Crippen LogP contribution in [-0.2, 0) is 15.6 Å². The van der Waals surface area contributed by atoms with Gasteiger partial charge in [0.1, 0.15) is 0 Å². The molecule has 1 amide bonds. The number of aryl methyl sites for hydroxylation is 1. The van der Waals surface area contributed by atoms with E-state index in [0.29, 0.717) is 0 Å². The maximum Gasteiger partial charge on any atom is 0.243 e. The minimum atomic E-state index is -0.625. The van der Waals surface area contributed by atoms with Gasteiger partial charge in [0.2, 0.25) is 5.91 Å². The summed E-state index contributed by atoms with van der Waals surface area (Å²) >= 11 is 0. The fourth-order valence-electron chi connectivity index (χ4n) is 2.06. The summed E-state index contributed by atoms with van der Waals surface area (Å²) in [5.74, 6) is 5.10. The van der Waals surface area contributed by atoms with Crippen molar-refractivity contribution in [3.05, 3.63) is 34.9 Å². The maximum atomic E-state index is 11.9. The van der Waals surface area contributed by atoms with Crippen molar-refractivity contribution >= 4 is 5.91 Å². The fourth-order valence-corrected chi connectivity index (χ4v) is 2.06. The van der Waals surface area contributed by atoms with Gasteiger partial charge in [-0.2, -0.15) is 0 Å². The van der Waals surface area contributed by atoms with E-state index in [4.69, 9.17) is 5.84 Å². The van der Waals surface area contributed by atoms with Gasteiger partial charge in [-0.25, -0.2) is 5.84 Å². The predicted octanol–water partition coefficient (Wildman–Crippen LogP) is 2.56. The van der Waals surface area contributed by atoms with E-state index < -0.39 is 5.41 Å². The SMILES string of the molecule is Cc1ccc(C(C)(C)C)cc1C(C)(C)C(=O)NN. The van der Waals surface area contributed by atoms with Crippen molar-refractivity contribution in [2.45, 2.75) is 52.4 Å². The Kier molecular flexibility index (Phi) is 3.86. The van der Waals surface area contributed by atoms with Crippen LogP contribution in [0.4, 0.5) is 0 Å². The molecule has 0 bridgehead atoms. The van der Waals surface area contributed by atoms with Crippen LogP contribution in [0, 0.1) is 6.92 Å². The van der Waals surface area contributed by atoms with Crippen LogP contribution in [0.15, 0.2) is 18.2 Å². The molecule has 0 aliphatic carbocycles. The van der Waals surface area contributed by atoms with Gasteiger partial charge >= 0.3 is 0 Å². The average molecular weight is 248 g/mol. The van der Waals surface area contributed by atoms with Crippen LogP contribution >= 0.6 is 0 Å². The summed E-state index contributed by atoms with van der Waals surface area (Å²) < 4.78 is 0. The monoisotopic (exact) mass is 248 g/mol. The Morgan fingerprint density at radius 3 is 2.17 bits per heavy atom. The summed E-state index contributed by atoms with van der Waals surface area (Å²) in [6.45, 7) is 12.3. The van der Waals surface area contributed by atoms with Crippen molar-refractivity contribution in [3.8, 4) is 0 Å². The summed E-state index contributed by atoms with van der Waals surface area (Å²) in [6.07, 6.45) is 0. The van der Waals surface area contributed by atoms with Gasteiger partial charge in [0.15, 0.2) is 0 Å². The van der Waals surface area contributed by atoms with E-state index in [-0.39, 0.29) is 11.3 Å². The smallest absolute Gasteiger partial charge is 0.243 e. The molecule has 3 nitrogen and oxygen atoms in total. The molecule has 0 unspecified atom stereocenters. The van der Waals surface area contributed by atoms with Gasteiger partial charge in [-0.05, 0) is 42.9 Å². The Hall–Kier alpha value is -1.35. The quantitative estimate of drug-likeness (QED) is 0.480. The van der Waals surface area contributed by atoms with Crippen LogP contribution in [0.5, 0.6) is 0 Å². The Morgan fingerprint density at radius 2 is 1.72 bits per heavy atom. The summed E-state index contributed by atoms with van der Waals surface area (Å²) in [4.78, 5) is 11.9. The van der Waals surface area contributed by atoms with Crippen molar-refractivity contribution in [2.24, 2.45) is 5.84 Å². The Morgan fingerprint density at radius 1 is 1.17 bits per heavy atom. The normalized spacial score (nSPS) is 12.4. The second kappa shape index (κ2) is 4.73. The highest BCUT2D eigenvalue weighted by Crippen LogP contribution is 2.31. The minimum absolute atomic E-state index is 0.0672. The van der Waals surface area contributed by atoms with Crippen LogP contribution in [-0.4, -0.2) is 5.91 Å². The summed E-state index contributed by atoms with van der Waals surface area (Å²) in [5, 5.41) is 0. The fraction of sp³-hybridized carbons (Fsp3) is 0.533. The van der Waals surface area contributed by atoms with Gasteiger partial charge in [0.25, 0.3) is 0 Å². The lowest BCUT2D eigenvalue weighted by atomic mass is 9.77. The number of hydrogen-bond donors (Lipinski definition) is 2. The second-order valence-electron chi connectivity index (χ2n) is 6.38. The zero-order valence-electron chi connectivity index (χ0n) is 12.2. The third kappa shape index (κ3) is 2.72. The highest BCUT2D eigenvalue weighted by molar-refractivity contribution is 5.87. The topological polar surface area (TPSA) is 55.1 Å². The van der Waals surface area contributed by atoms with Crippen LogP contribution in [0.2, 0.25) is 0 Å². The number of carbonyl (C=O) groups excluding carboxylic acids is 1. The molecule has 3 N–H and O–H groups in total. The molecule has 0 aromatic heterocycles.